The Labute approximate surface area is 89.4 Å². The maximum Gasteiger partial charge on any atom is 0.337 e. The van der Waals surface area contributed by atoms with Crippen LogP contribution in [0.3, 0.4) is 0 Å². The van der Waals surface area contributed by atoms with E-state index in [2.05, 4.69) is 5.43 Å². The Morgan fingerprint density at radius 2 is 2.19 bits per heavy atom. The number of hydrazine groups is 1. The third-order valence-corrected chi connectivity index (χ3v) is 1.92. The van der Waals surface area contributed by atoms with Gasteiger partial charge in [-0.05, 0) is 17.7 Å². The number of nitrogens with zero attached hydrogens (tertiary/aromatic N) is 1. The van der Waals surface area contributed by atoms with E-state index >= 15 is 0 Å². The first-order valence-corrected chi connectivity index (χ1v) is 4.13. The summed E-state index contributed by atoms with van der Waals surface area (Å²) in [5.41, 5.74) is 1.70. The highest BCUT2D eigenvalue weighted by molar-refractivity contribution is 5.75. The van der Waals surface area contributed by atoms with E-state index in [1.807, 2.05) is 0 Å². The Kier molecular flexibility index (Phi) is 3.38. The van der Waals surface area contributed by atoms with Gasteiger partial charge in [-0.2, -0.15) is 0 Å². The fourth-order valence-corrected chi connectivity index (χ4v) is 1.14. The van der Waals surface area contributed by atoms with Crippen molar-refractivity contribution in [1.29, 1.82) is 0 Å². The molecule has 0 aromatic heterocycles. The van der Waals surface area contributed by atoms with Crippen molar-refractivity contribution in [2.45, 2.75) is 6.10 Å². The summed E-state index contributed by atoms with van der Waals surface area (Å²) >= 11 is 0. The zero-order chi connectivity index (χ0) is 12.3. The minimum absolute atomic E-state index is 0.00560. The second-order valence-corrected chi connectivity index (χ2v) is 2.92. The van der Waals surface area contributed by atoms with Gasteiger partial charge in [-0.15, -0.1) is 0 Å². The number of anilines is 1. The van der Waals surface area contributed by atoms with E-state index in [0.717, 1.165) is 18.2 Å². The van der Waals surface area contributed by atoms with Gasteiger partial charge in [0.25, 0.3) is 5.69 Å². The predicted molar refractivity (Wildman–Crippen MR) is 53.5 cm³/mol. The minimum atomic E-state index is -1.74. The maximum atomic E-state index is 10.5. The van der Waals surface area contributed by atoms with Crippen LogP contribution < -0.4 is 11.3 Å². The van der Waals surface area contributed by atoms with E-state index in [0.29, 0.717) is 0 Å². The largest absolute Gasteiger partial charge is 0.479 e. The van der Waals surface area contributed by atoms with E-state index in [1.165, 1.54) is 0 Å². The summed E-state index contributed by atoms with van der Waals surface area (Å²) in [7, 11) is 0. The van der Waals surface area contributed by atoms with Gasteiger partial charge in [0, 0.05) is 6.07 Å². The lowest BCUT2D eigenvalue weighted by Crippen LogP contribution is -2.13. The number of hydrogen-bond donors (Lipinski definition) is 4. The lowest BCUT2D eigenvalue weighted by atomic mass is 10.1. The number of carboxylic acid groups (broad SMARTS) is 1. The van der Waals surface area contributed by atoms with Gasteiger partial charge < -0.3 is 15.6 Å². The molecule has 1 aromatic carbocycles. The zero-order valence-corrected chi connectivity index (χ0v) is 7.95. The van der Waals surface area contributed by atoms with Crippen molar-refractivity contribution in [2.75, 3.05) is 5.43 Å². The number of rotatable bonds is 4. The average molecular weight is 227 g/mol. The molecule has 0 radical (unpaired) electrons. The van der Waals surface area contributed by atoms with E-state index < -0.39 is 17.0 Å². The molecule has 5 N–H and O–H groups in total. The van der Waals surface area contributed by atoms with Crippen molar-refractivity contribution >= 4 is 17.3 Å². The van der Waals surface area contributed by atoms with Crippen LogP contribution >= 0.6 is 0 Å². The summed E-state index contributed by atoms with van der Waals surface area (Å²) in [5.74, 6) is 3.60. The number of aliphatic hydroxyl groups is 1. The van der Waals surface area contributed by atoms with Crippen LogP contribution in [0.15, 0.2) is 18.2 Å². The third kappa shape index (κ3) is 2.24. The molecule has 0 aliphatic rings. The number of carboxylic acids is 1. The van der Waals surface area contributed by atoms with Crippen LogP contribution in [0.2, 0.25) is 0 Å². The van der Waals surface area contributed by atoms with Gasteiger partial charge in [0.05, 0.1) is 4.92 Å². The first kappa shape index (κ1) is 11.9. The highest BCUT2D eigenvalue weighted by Gasteiger charge is 2.20. The van der Waals surface area contributed by atoms with Crippen LogP contribution in [0.25, 0.3) is 0 Å². The molecule has 0 heterocycles. The number of hydrogen-bond acceptors (Lipinski definition) is 6. The van der Waals surface area contributed by atoms with Gasteiger partial charge in [-0.3, -0.25) is 16.0 Å². The Bertz CT molecular complexity index is 434. The van der Waals surface area contributed by atoms with Gasteiger partial charge in [0.2, 0.25) is 0 Å². The number of carbonyl (C=O) groups is 1. The van der Waals surface area contributed by atoms with E-state index in [1.54, 1.807) is 0 Å². The number of nitro benzene ring substituents is 1. The molecular formula is C8H9N3O5. The lowest BCUT2D eigenvalue weighted by molar-refractivity contribution is -0.384. The molecule has 1 atom stereocenters. The Morgan fingerprint density at radius 1 is 1.56 bits per heavy atom. The van der Waals surface area contributed by atoms with Gasteiger partial charge in [0.1, 0.15) is 5.69 Å². The van der Waals surface area contributed by atoms with Gasteiger partial charge >= 0.3 is 5.97 Å². The Hall–Kier alpha value is -2.19. The van der Waals surface area contributed by atoms with Gasteiger partial charge in [-0.25, -0.2) is 4.79 Å². The molecule has 0 fully saturated rings. The summed E-state index contributed by atoms with van der Waals surface area (Å²) in [6.45, 7) is 0. The van der Waals surface area contributed by atoms with Gasteiger partial charge in [0.15, 0.2) is 6.10 Å². The Balaban J connectivity index is 3.18. The smallest absolute Gasteiger partial charge is 0.337 e. The number of nitrogens with one attached hydrogen (secondary N) is 1. The van der Waals surface area contributed by atoms with Gasteiger partial charge in [-0.1, -0.05) is 0 Å². The van der Waals surface area contributed by atoms with E-state index in [-0.39, 0.29) is 16.9 Å². The number of benzene rings is 1. The molecule has 0 spiro atoms. The van der Waals surface area contributed by atoms with Crippen molar-refractivity contribution in [3.05, 3.63) is 33.9 Å². The van der Waals surface area contributed by atoms with Crippen LogP contribution in [-0.4, -0.2) is 21.1 Å². The first-order valence-electron chi connectivity index (χ1n) is 4.13. The minimum Gasteiger partial charge on any atom is -0.479 e. The fourth-order valence-electron chi connectivity index (χ4n) is 1.14. The zero-order valence-electron chi connectivity index (χ0n) is 7.95. The standard InChI is InChI=1S/C8H9N3O5/c9-10-5-3-4(7(12)8(13)14)1-2-6(5)11(15)16/h1-3,7,10,12H,9H2,(H,13,14). The molecule has 1 rings (SSSR count). The van der Waals surface area contributed by atoms with Crippen molar-refractivity contribution < 1.29 is 19.9 Å². The van der Waals surface area contributed by atoms with Crippen molar-refractivity contribution in [1.82, 2.24) is 0 Å². The molecule has 0 amide bonds. The maximum absolute atomic E-state index is 10.5. The number of nitrogen functional groups attached to an aromatic ring is 1. The van der Waals surface area contributed by atoms with Crippen LogP contribution in [0.5, 0.6) is 0 Å². The monoisotopic (exact) mass is 227 g/mol. The number of nitrogens with two attached hydrogens (primary N) is 1. The quantitative estimate of drug-likeness (QED) is 0.322. The molecule has 0 aliphatic carbocycles. The molecule has 8 nitrogen and oxygen atoms in total. The second-order valence-electron chi connectivity index (χ2n) is 2.92. The third-order valence-electron chi connectivity index (χ3n) is 1.92. The lowest BCUT2D eigenvalue weighted by Gasteiger charge is -2.08. The number of nitro groups is 1. The molecule has 1 unspecified atom stereocenters. The first-order chi connectivity index (χ1) is 7.47. The predicted octanol–water partition coefficient (Wildman–Crippen LogP) is -0.00160. The van der Waals surface area contributed by atoms with E-state index in [9.17, 15) is 20.0 Å². The van der Waals surface area contributed by atoms with Crippen LogP contribution in [0, 0.1) is 10.1 Å². The molecule has 0 saturated heterocycles. The SMILES string of the molecule is NNc1cc(C(O)C(=O)O)ccc1[N+](=O)[O-]. The van der Waals surface area contributed by atoms with Crippen LogP contribution in [0.4, 0.5) is 11.4 Å². The van der Waals surface area contributed by atoms with Crippen molar-refractivity contribution in [3.63, 3.8) is 0 Å². The molecule has 16 heavy (non-hydrogen) atoms. The Morgan fingerprint density at radius 3 is 2.62 bits per heavy atom. The van der Waals surface area contributed by atoms with Crippen LogP contribution in [0.1, 0.15) is 11.7 Å². The summed E-state index contributed by atoms with van der Waals surface area (Å²) in [6.07, 6.45) is -1.74. The normalized spacial score (nSPS) is 11.9. The highest BCUT2D eigenvalue weighted by Crippen LogP contribution is 2.27. The second kappa shape index (κ2) is 4.55. The summed E-state index contributed by atoms with van der Waals surface area (Å²) in [6, 6.07) is 3.32. The van der Waals surface area contributed by atoms with Crippen LogP contribution in [-0.2, 0) is 4.79 Å². The molecule has 8 heteroatoms. The topological polar surface area (TPSA) is 139 Å². The molecule has 0 bridgehead atoms. The van der Waals surface area contributed by atoms with E-state index in [4.69, 9.17) is 10.9 Å². The highest BCUT2D eigenvalue weighted by atomic mass is 16.6. The molecule has 1 aromatic rings. The average Bonchev–Trinajstić information content (AvgIpc) is 2.26. The summed E-state index contributed by atoms with van der Waals surface area (Å²) < 4.78 is 0. The number of aliphatic hydroxyl groups excluding tert-OH is 1. The number of aliphatic carboxylic acids is 1. The molecule has 0 aliphatic heterocycles. The van der Waals surface area contributed by atoms with Crippen molar-refractivity contribution in [2.24, 2.45) is 5.84 Å². The molecular weight excluding hydrogens is 218 g/mol. The summed E-state index contributed by atoms with van der Waals surface area (Å²) in [5, 5.41) is 28.3. The molecule has 0 saturated carbocycles. The fraction of sp³-hybridized carbons (Fsp3) is 0.125. The van der Waals surface area contributed by atoms with Crippen molar-refractivity contribution in [3.8, 4) is 0 Å². The molecule has 86 valence electrons. The summed E-state index contributed by atoms with van der Waals surface area (Å²) in [4.78, 5) is 20.3.